The van der Waals surface area contributed by atoms with E-state index in [0.29, 0.717) is 23.3 Å². The maximum absolute atomic E-state index is 12.4. The Bertz CT molecular complexity index is 2040. The Labute approximate surface area is 292 Å². The van der Waals surface area contributed by atoms with Gasteiger partial charge in [0, 0.05) is 0 Å². The fourth-order valence-electron chi connectivity index (χ4n) is 4.19. The molecule has 4 aromatic rings. The summed E-state index contributed by atoms with van der Waals surface area (Å²) >= 11 is 13.7. The summed E-state index contributed by atoms with van der Waals surface area (Å²) in [7, 11) is 0. The number of hydrogen-bond donors (Lipinski definition) is 5. The highest BCUT2D eigenvalue weighted by molar-refractivity contribution is 7.18. The zero-order valence-corrected chi connectivity index (χ0v) is 27.5. The minimum Gasteiger partial charge on any atom is -0.480 e. The highest BCUT2D eigenvalue weighted by Gasteiger charge is 2.39. The van der Waals surface area contributed by atoms with Crippen molar-refractivity contribution in [3.63, 3.8) is 0 Å². The molecule has 4 amide bonds. The van der Waals surface area contributed by atoms with Crippen molar-refractivity contribution in [3.05, 3.63) is 101 Å². The van der Waals surface area contributed by atoms with Crippen molar-refractivity contribution in [2.45, 2.75) is 0 Å². The first-order valence-electron chi connectivity index (χ1n) is 13.4. The molecule has 6 N–H and O–H groups in total. The zero-order chi connectivity index (χ0) is 36.0. The largest absolute Gasteiger partial charge is 0.480 e. The Morgan fingerprint density at radius 2 is 1.18 bits per heavy atom. The Morgan fingerprint density at radius 3 is 1.63 bits per heavy atom. The second kappa shape index (κ2) is 15.6. The van der Waals surface area contributed by atoms with Crippen LogP contribution in [0.1, 0.15) is 60.8 Å². The van der Waals surface area contributed by atoms with Crippen LogP contribution in [0, 0.1) is 0 Å². The number of carbonyl (C=O) groups is 8. The lowest BCUT2D eigenvalue weighted by Crippen LogP contribution is -2.34. The van der Waals surface area contributed by atoms with E-state index in [1.807, 2.05) is 0 Å². The van der Waals surface area contributed by atoms with Crippen LogP contribution in [0.4, 0.5) is 11.4 Å². The number of nitrogens with one attached hydrogen (secondary N) is 2. The molecular formula is C30H20Cl2N4O11S2. The van der Waals surface area contributed by atoms with Crippen LogP contribution >= 0.6 is 45.9 Å². The van der Waals surface area contributed by atoms with Crippen molar-refractivity contribution < 1.29 is 53.3 Å². The van der Waals surface area contributed by atoms with E-state index in [-0.39, 0.29) is 40.2 Å². The molecule has 2 aliphatic rings. The number of rotatable bonds is 7. The molecule has 0 bridgehead atoms. The lowest BCUT2D eigenvalue weighted by Gasteiger charge is -2.10. The topological polar surface area (TPSA) is 240 Å². The summed E-state index contributed by atoms with van der Waals surface area (Å²) in [6.07, 6.45) is 0. The Kier molecular flexibility index (Phi) is 11.6. The van der Waals surface area contributed by atoms with Crippen molar-refractivity contribution >= 4 is 105 Å². The van der Waals surface area contributed by atoms with Crippen LogP contribution in [-0.4, -0.2) is 75.7 Å². The van der Waals surface area contributed by atoms with E-state index >= 15 is 0 Å². The molecule has 2 aromatic heterocycles. The number of hydrogen-bond acceptors (Lipinski definition) is 12. The van der Waals surface area contributed by atoms with Crippen LogP contribution in [0.25, 0.3) is 0 Å². The van der Waals surface area contributed by atoms with Gasteiger partial charge in [0.25, 0.3) is 23.6 Å². The average Bonchev–Trinajstić information content (AvgIpc) is 3.82. The van der Waals surface area contributed by atoms with Gasteiger partial charge in [0.2, 0.25) is 0 Å². The van der Waals surface area contributed by atoms with E-state index in [0.717, 1.165) is 22.7 Å². The molecule has 4 heterocycles. The van der Waals surface area contributed by atoms with E-state index < -0.39 is 54.1 Å². The number of halogens is 2. The summed E-state index contributed by atoms with van der Waals surface area (Å²) in [5.74, 6) is -6.07. The predicted octanol–water partition coefficient (Wildman–Crippen LogP) is 4.33. The summed E-state index contributed by atoms with van der Waals surface area (Å²) in [6.45, 7) is -1.01. The average molecular weight is 748 g/mol. The van der Waals surface area contributed by atoms with Crippen molar-refractivity contribution in [1.29, 1.82) is 0 Å². The van der Waals surface area contributed by atoms with Gasteiger partial charge in [0.15, 0.2) is 0 Å². The molecule has 0 saturated heterocycles. The summed E-state index contributed by atoms with van der Waals surface area (Å²) in [4.78, 5) is 93.2. The maximum atomic E-state index is 12.4. The van der Waals surface area contributed by atoms with Gasteiger partial charge in [-0.1, -0.05) is 35.3 Å². The van der Waals surface area contributed by atoms with E-state index in [1.165, 1.54) is 36.4 Å². The number of esters is 2. The van der Waals surface area contributed by atoms with E-state index in [1.54, 1.807) is 24.3 Å². The van der Waals surface area contributed by atoms with Crippen LogP contribution < -0.4 is 16.4 Å². The number of thiophene rings is 2. The predicted molar refractivity (Wildman–Crippen MR) is 177 cm³/mol. The standard InChI is InChI=1S/C15H9ClN2O5S.C13H6ClNO4S.C2H5NO2/c16-10-5-4-9(24-10)13(21)17-8-3-1-2-7-12(8)15(23)18(14(7)22)6-11(19)20;14-9-5-4-8(20-9)11(16)15-7-3-1-2-6-10(7)13(18)19-12(6)17;3-1-2(4)5/h1-5H,6H2,(H,17,21)(H,19,20);1-5H,(H,15,16);1,3H2,(H,4,5). The summed E-state index contributed by atoms with van der Waals surface area (Å²) in [6, 6.07) is 15.3. The van der Waals surface area contributed by atoms with Gasteiger partial charge in [-0.3, -0.25) is 33.7 Å². The third-order valence-corrected chi connectivity index (χ3v) is 8.69. The number of imide groups is 1. The fraction of sp³-hybridized carbons (Fsp3) is 0.0667. The van der Waals surface area contributed by atoms with Gasteiger partial charge in [0.1, 0.15) is 6.54 Å². The summed E-state index contributed by atoms with van der Waals surface area (Å²) in [5.41, 5.74) is 5.23. The zero-order valence-electron chi connectivity index (χ0n) is 24.4. The quantitative estimate of drug-likeness (QED) is 0.101. The smallest absolute Gasteiger partial charge is 0.349 e. The van der Waals surface area contributed by atoms with E-state index in [4.69, 9.17) is 33.4 Å². The maximum Gasteiger partial charge on any atom is 0.349 e. The Balaban J connectivity index is 0.000000197. The number of nitrogens with two attached hydrogens (primary N) is 1. The molecule has 0 radical (unpaired) electrons. The highest BCUT2D eigenvalue weighted by atomic mass is 35.5. The SMILES string of the molecule is NCC(=O)O.O=C(Nc1cccc2c1C(=O)OC2=O)c1ccc(Cl)s1.O=C(O)CN1C(=O)c2cccc(NC(=O)c3ccc(Cl)s3)c2C1=O. The van der Waals surface area contributed by atoms with Crippen LogP contribution in [0.3, 0.4) is 0 Å². The van der Waals surface area contributed by atoms with Gasteiger partial charge in [-0.15, -0.1) is 22.7 Å². The lowest BCUT2D eigenvalue weighted by atomic mass is 10.1. The molecule has 49 heavy (non-hydrogen) atoms. The third-order valence-electron chi connectivity index (χ3n) is 6.23. The van der Waals surface area contributed by atoms with Crippen LogP contribution in [0.15, 0.2) is 60.7 Å². The molecule has 0 spiro atoms. The lowest BCUT2D eigenvalue weighted by molar-refractivity contribution is -0.137. The Hall–Kier alpha value is -5.46. The summed E-state index contributed by atoms with van der Waals surface area (Å²) in [5, 5.41) is 21.6. The number of anilines is 2. The normalized spacial score (nSPS) is 12.5. The van der Waals surface area contributed by atoms with Crippen LogP contribution in [-0.2, 0) is 14.3 Å². The summed E-state index contributed by atoms with van der Waals surface area (Å²) < 4.78 is 5.45. The van der Waals surface area contributed by atoms with Crippen LogP contribution in [0.2, 0.25) is 8.67 Å². The van der Waals surface area contributed by atoms with Crippen molar-refractivity contribution in [2.75, 3.05) is 23.7 Å². The molecule has 19 heteroatoms. The molecular weight excluding hydrogens is 727 g/mol. The molecule has 2 aromatic carbocycles. The van der Waals surface area contributed by atoms with E-state index in [9.17, 15) is 38.4 Å². The third kappa shape index (κ3) is 8.53. The first kappa shape index (κ1) is 36.4. The molecule has 6 rings (SSSR count). The Morgan fingerprint density at radius 1 is 0.694 bits per heavy atom. The van der Waals surface area contributed by atoms with Gasteiger partial charge in [0.05, 0.1) is 58.6 Å². The molecule has 0 saturated carbocycles. The fourth-order valence-corrected chi connectivity index (χ4v) is 6.07. The van der Waals surface area contributed by atoms with Gasteiger partial charge in [-0.25, -0.2) is 9.59 Å². The van der Waals surface area contributed by atoms with Crippen molar-refractivity contribution in [1.82, 2.24) is 4.90 Å². The molecule has 2 aliphatic heterocycles. The van der Waals surface area contributed by atoms with Gasteiger partial charge < -0.3 is 31.3 Å². The molecule has 0 aliphatic carbocycles. The second-order valence-corrected chi connectivity index (χ2v) is 12.9. The molecule has 0 atom stereocenters. The first-order valence-corrected chi connectivity index (χ1v) is 15.8. The number of carboxylic acid groups (broad SMARTS) is 2. The van der Waals surface area contributed by atoms with Crippen molar-refractivity contribution in [3.8, 4) is 0 Å². The first-order chi connectivity index (χ1) is 23.2. The number of nitrogens with zero attached hydrogens (tertiary/aromatic N) is 1. The number of ether oxygens (including phenoxy) is 1. The number of amides is 4. The molecule has 15 nitrogen and oxygen atoms in total. The number of carbonyl (C=O) groups excluding carboxylic acids is 6. The number of fused-ring (bicyclic) bond motifs is 2. The van der Waals surface area contributed by atoms with Gasteiger partial charge >= 0.3 is 23.9 Å². The van der Waals surface area contributed by atoms with Gasteiger partial charge in [-0.05, 0) is 48.5 Å². The monoisotopic (exact) mass is 746 g/mol. The number of aliphatic carboxylic acids is 2. The second-order valence-electron chi connectivity index (χ2n) is 9.44. The minimum atomic E-state index is -1.30. The minimum absolute atomic E-state index is 0.0141. The van der Waals surface area contributed by atoms with Crippen LogP contribution in [0.5, 0.6) is 0 Å². The number of cyclic esters (lactones) is 2. The molecule has 252 valence electrons. The van der Waals surface area contributed by atoms with Crippen molar-refractivity contribution in [2.24, 2.45) is 5.73 Å². The number of carboxylic acids is 2. The van der Waals surface area contributed by atoms with E-state index in [2.05, 4.69) is 21.1 Å². The molecule has 0 unspecified atom stereocenters. The highest BCUT2D eigenvalue weighted by Crippen LogP contribution is 2.31. The molecule has 0 fully saturated rings. The number of benzene rings is 2. The van der Waals surface area contributed by atoms with Gasteiger partial charge in [-0.2, -0.15) is 0 Å².